The largest absolute Gasteiger partial charge is 0.468 e. The molecule has 2 N–H and O–H groups in total. The second-order valence-corrected chi connectivity index (χ2v) is 5.95. The van der Waals surface area contributed by atoms with Crippen LogP contribution >= 0.6 is 11.6 Å². The molecule has 0 bridgehead atoms. The van der Waals surface area contributed by atoms with Crippen molar-refractivity contribution in [3.8, 4) is 0 Å². The van der Waals surface area contributed by atoms with E-state index in [1.54, 1.807) is 6.07 Å². The molecule has 132 valence electrons. The smallest absolute Gasteiger partial charge is 0.325 e. The quantitative estimate of drug-likeness (QED) is 0.814. The SMILES string of the molecule is COC(=O)CNC(=O)N1CCc2[nH]cnc2C1c1ccc(Cl)cc1F. The van der Waals surface area contributed by atoms with E-state index in [4.69, 9.17) is 11.6 Å². The van der Waals surface area contributed by atoms with Crippen LogP contribution in [-0.4, -0.2) is 47.1 Å². The van der Waals surface area contributed by atoms with Crippen LogP contribution < -0.4 is 5.32 Å². The normalized spacial score (nSPS) is 16.3. The van der Waals surface area contributed by atoms with E-state index in [1.807, 2.05) is 0 Å². The number of imidazole rings is 1. The molecule has 1 aromatic carbocycles. The van der Waals surface area contributed by atoms with Crippen molar-refractivity contribution in [3.05, 3.63) is 52.3 Å². The van der Waals surface area contributed by atoms with Crippen LogP contribution in [-0.2, 0) is 16.0 Å². The van der Waals surface area contributed by atoms with E-state index in [0.29, 0.717) is 18.7 Å². The fourth-order valence-corrected chi connectivity index (χ4v) is 3.01. The third kappa shape index (κ3) is 3.43. The number of fused-ring (bicyclic) bond motifs is 1. The molecule has 25 heavy (non-hydrogen) atoms. The maximum absolute atomic E-state index is 14.5. The third-order valence-electron chi connectivity index (χ3n) is 4.05. The summed E-state index contributed by atoms with van der Waals surface area (Å²) in [6.07, 6.45) is 2.06. The van der Waals surface area contributed by atoms with E-state index in [-0.39, 0.29) is 17.1 Å². The van der Waals surface area contributed by atoms with E-state index in [0.717, 1.165) is 5.69 Å². The highest BCUT2D eigenvalue weighted by molar-refractivity contribution is 6.30. The van der Waals surface area contributed by atoms with Crippen molar-refractivity contribution >= 4 is 23.6 Å². The van der Waals surface area contributed by atoms with Gasteiger partial charge in [0.2, 0.25) is 0 Å². The topological polar surface area (TPSA) is 87.3 Å². The molecule has 3 rings (SSSR count). The van der Waals surface area contributed by atoms with Gasteiger partial charge in [-0.05, 0) is 12.1 Å². The highest BCUT2D eigenvalue weighted by atomic mass is 35.5. The number of aromatic nitrogens is 2. The van der Waals surface area contributed by atoms with Gasteiger partial charge in [0, 0.05) is 29.2 Å². The summed E-state index contributed by atoms with van der Waals surface area (Å²) in [5, 5.41) is 2.75. The molecule has 0 fully saturated rings. The molecular weight excluding hydrogens is 351 g/mol. The van der Waals surface area contributed by atoms with Crippen molar-refractivity contribution in [3.63, 3.8) is 0 Å². The number of aromatic amines is 1. The number of amides is 2. The lowest BCUT2D eigenvalue weighted by molar-refractivity contribution is -0.139. The highest BCUT2D eigenvalue weighted by Crippen LogP contribution is 2.35. The summed E-state index contributed by atoms with van der Waals surface area (Å²) in [6.45, 7) is 0.0734. The number of rotatable bonds is 3. The van der Waals surface area contributed by atoms with Gasteiger partial charge in [-0.2, -0.15) is 0 Å². The monoisotopic (exact) mass is 366 g/mol. The van der Waals surface area contributed by atoms with Crippen molar-refractivity contribution in [2.75, 3.05) is 20.2 Å². The minimum absolute atomic E-state index is 0.265. The molecule has 1 unspecified atom stereocenters. The number of nitrogens with zero attached hydrogens (tertiary/aromatic N) is 2. The molecule has 0 saturated heterocycles. The second kappa shape index (κ2) is 7.10. The van der Waals surface area contributed by atoms with Crippen LogP contribution in [0.2, 0.25) is 5.02 Å². The number of ether oxygens (including phenoxy) is 1. The Balaban J connectivity index is 1.94. The Morgan fingerprint density at radius 1 is 1.52 bits per heavy atom. The average molecular weight is 367 g/mol. The molecule has 0 spiro atoms. The Bertz CT molecular complexity index is 810. The van der Waals surface area contributed by atoms with E-state index in [9.17, 15) is 14.0 Å². The first-order valence-corrected chi connectivity index (χ1v) is 7.97. The summed E-state index contributed by atoms with van der Waals surface area (Å²) in [7, 11) is 1.23. The average Bonchev–Trinajstić information content (AvgIpc) is 3.07. The first-order valence-electron chi connectivity index (χ1n) is 7.59. The number of hydrogen-bond acceptors (Lipinski definition) is 4. The van der Waals surface area contributed by atoms with Crippen LogP contribution in [0.5, 0.6) is 0 Å². The lowest BCUT2D eigenvalue weighted by Crippen LogP contribution is -2.47. The number of H-pyrrole nitrogens is 1. The minimum atomic E-state index is -0.718. The summed E-state index contributed by atoms with van der Waals surface area (Å²) in [5.74, 6) is -1.10. The molecule has 1 atom stereocenters. The van der Waals surface area contributed by atoms with E-state index < -0.39 is 23.9 Å². The predicted octanol–water partition coefficient (Wildman–Crippen LogP) is 2.03. The molecule has 9 heteroatoms. The van der Waals surface area contributed by atoms with Crippen LogP contribution in [0, 0.1) is 5.82 Å². The minimum Gasteiger partial charge on any atom is -0.468 e. The summed E-state index contributed by atoms with van der Waals surface area (Å²) >= 11 is 5.83. The Labute approximate surface area is 148 Å². The number of carbonyl (C=O) groups is 2. The fraction of sp³-hybridized carbons (Fsp3) is 0.312. The van der Waals surface area contributed by atoms with Gasteiger partial charge < -0.3 is 19.9 Å². The van der Waals surface area contributed by atoms with E-state index >= 15 is 0 Å². The van der Waals surface area contributed by atoms with Crippen molar-refractivity contribution in [2.45, 2.75) is 12.5 Å². The summed E-state index contributed by atoms with van der Waals surface area (Å²) in [6, 6.07) is 3.07. The zero-order valence-corrected chi connectivity index (χ0v) is 14.1. The van der Waals surface area contributed by atoms with Crippen molar-refractivity contribution in [2.24, 2.45) is 0 Å². The summed E-state index contributed by atoms with van der Waals surface area (Å²) in [5.41, 5.74) is 1.70. The number of urea groups is 1. The Morgan fingerprint density at radius 3 is 3.04 bits per heavy atom. The standard InChI is InChI=1S/C16H16ClFN4O3/c1-25-13(23)7-19-16(24)22-5-4-12-14(21-8-20-12)15(22)10-3-2-9(17)6-11(10)18/h2-3,6,8,15H,4-5,7H2,1H3,(H,19,24)(H,20,21). The number of hydrogen-bond donors (Lipinski definition) is 2. The summed E-state index contributed by atoms with van der Waals surface area (Å²) < 4.78 is 19.0. The maximum atomic E-state index is 14.5. The van der Waals surface area contributed by atoms with Crippen LogP contribution in [0.15, 0.2) is 24.5 Å². The Morgan fingerprint density at radius 2 is 2.32 bits per heavy atom. The molecule has 0 aliphatic carbocycles. The summed E-state index contributed by atoms with van der Waals surface area (Å²) in [4.78, 5) is 32.5. The molecule has 2 amide bonds. The van der Waals surface area contributed by atoms with Crippen molar-refractivity contribution in [1.29, 1.82) is 0 Å². The Hall–Kier alpha value is -2.61. The molecule has 0 radical (unpaired) electrons. The van der Waals surface area contributed by atoms with Gasteiger partial charge in [-0.1, -0.05) is 17.7 Å². The molecule has 1 aliphatic heterocycles. The van der Waals surface area contributed by atoms with Crippen LogP contribution in [0.4, 0.5) is 9.18 Å². The molecular formula is C16H16ClFN4O3. The number of nitrogens with one attached hydrogen (secondary N) is 2. The number of methoxy groups -OCH3 is 1. The van der Waals surface area contributed by atoms with Gasteiger partial charge in [-0.15, -0.1) is 0 Å². The molecule has 1 aliphatic rings. The van der Waals surface area contributed by atoms with Gasteiger partial charge in [0.05, 0.1) is 19.1 Å². The first kappa shape index (κ1) is 17.2. The van der Waals surface area contributed by atoms with Crippen molar-refractivity contribution in [1.82, 2.24) is 20.2 Å². The first-order chi connectivity index (χ1) is 12.0. The second-order valence-electron chi connectivity index (χ2n) is 5.51. The van der Waals surface area contributed by atoms with Crippen LogP contribution in [0.1, 0.15) is 23.0 Å². The van der Waals surface area contributed by atoms with Gasteiger partial charge >= 0.3 is 12.0 Å². The molecule has 2 aromatic rings. The third-order valence-corrected chi connectivity index (χ3v) is 4.29. The zero-order chi connectivity index (χ0) is 18.0. The van der Waals surface area contributed by atoms with Gasteiger partial charge in [0.25, 0.3) is 0 Å². The number of esters is 1. The molecule has 2 heterocycles. The number of halogens is 2. The van der Waals surface area contributed by atoms with Crippen LogP contribution in [0.3, 0.4) is 0 Å². The molecule has 1 aromatic heterocycles. The fourth-order valence-electron chi connectivity index (χ4n) is 2.86. The number of carbonyl (C=O) groups excluding carboxylic acids is 2. The van der Waals surface area contributed by atoms with Gasteiger partial charge in [-0.3, -0.25) is 4.79 Å². The van der Waals surface area contributed by atoms with Gasteiger partial charge in [0.15, 0.2) is 0 Å². The maximum Gasteiger partial charge on any atom is 0.325 e. The van der Waals surface area contributed by atoms with E-state index in [1.165, 1.54) is 30.5 Å². The van der Waals surface area contributed by atoms with Gasteiger partial charge in [0.1, 0.15) is 18.4 Å². The molecule has 7 nitrogen and oxygen atoms in total. The van der Waals surface area contributed by atoms with Crippen molar-refractivity contribution < 1.29 is 18.7 Å². The Kier molecular flexibility index (Phi) is 4.89. The van der Waals surface area contributed by atoms with Crippen LogP contribution in [0.25, 0.3) is 0 Å². The number of benzene rings is 1. The predicted molar refractivity (Wildman–Crippen MR) is 87.7 cm³/mol. The molecule has 0 saturated carbocycles. The lowest BCUT2D eigenvalue weighted by atomic mass is 9.95. The zero-order valence-electron chi connectivity index (χ0n) is 13.4. The highest BCUT2D eigenvalue weighted by Gasteiger charge is 2.35. The van der Waals surface area contributed by atoms with Gasteiger partial charge in [-0.25, -0.2) is 14.2 Å². The van der Waals surface area contributed by atoms with E-state index in [2.05, 4.69) is 20.0 Å². The lowest BCUT2D eigenvalue weighted by Gasteiger charge is -2.35.